The fourth-order valence-electron chi connectivity index (χ4n) is 2.82. The predicted molar refractivity (Wildman–Crippen MR) is 68.8 cm³/mol. The minimum Gasteiger partial charge on any atom is -0.488 e. The molecule has 3 nitrogen and oxygen atoms in total. The van der Waals surface area contributed by atoms with E-state index in [-0.39, 0.29) is 12.2 Å². The molecule has 2 aliphatic rings. The van der Waals surface area contributed by atoms with Gasteiger partial charge in [0.1, 0.15) is 11.9 Å². The average molecular weight is 248 g/mol. The van der Waals surface area contributed by atoms with Crippen molar-refractivity contribution >= 4 is 0 Å². The van der Waals surface area contributed by atoms with Crippen LogP contribution in [0.4, 0.5) is 0 Å². The highest BCUT2D eigenvalue weighted by Crippen LogP contribution is 2.32. The molecule has 2 atom stereocenters. The van der Waals surface area contributed by atoms with E-state index in [0.717, 1.165) is 50.0 Å². The Hall–Kier alpha value is -1.06. The molecule has 0 bridgehead atoms. The number of benzene rings is 1. The van der Waals surface area contributed by atoms with Crippen molar-refractivity contribution < 1.29 is 14.6 Å². The van der Waals surface area contributed by atoms with E-state index in [9.17, 15) is 5.11 Å². The van der Waals surface area contributed by atoms with E-state index in [1.54, 1.807) is 0 Å². The zero-order valence-corrected chi connectivity index (χ0v) is 10.6. The molecule has 0 spiro atoms. The number of rotatable bonds is 2. The Labute approximate surface area is 108 Å². The summed E-state index contributed by atoms with van der Waals surface area (Å²) in [7, 11) is 0. The number of aliphatic hydroxyl groups excluding tert-OH is 1. The number of hydrogen-bond donors (Lipinski definition) is 1. The second-order valence-electron chi connectivity index (χ2n) is 5.23. The van der Waals surface area contributed by atoms with Crippen LogP contribution in [0.15, 0.2) is 18.2 Å². The third-order valence-electron chi connectivity index (χ3n) is 3.82. The van der Waals surface area contributed by atoms with Crippen LogP contribution in [0.2, 0.25) is 0 Å². The van der Waals surface area contributed by atoms with Crippen molar-refractivity contribution in [3.8, 4) is 5.75 Å². The molecule has 3 heteroatoms. The summed E-state index contributed by atoms with van der Waals surface area (Å²) in [5, 5.41) is 10.0. The molecule has 1 N–H and O–H groups in total. The van der Waals surface area contributed by atoms with Crippen LogP contribution >= 0.6 is 0 Å². The van der Waals surface area contributed by atoms with Crippen molar-refractivity contribution in [3.05, 3.63) is 29.3 Å². The monoisotopic (exact) mass is 248 g/mol. The molecule has 1 aromatic rings. The topological polar surface area (TPSA) is 38.7 Å². The molecule has 1 unspecified atom stereocenters. The maximum Gasteiger partial charge on any atom is 0.122 e. The van der Waals surface area contributed by atoms with Crippen LogP contribution in [-0.2, 0) is 11.2 Å². The van der Waals surface area contributed by atoms with E-state index >= 15 is 0 Å². The Morgan fingerprint density at radius 1 is 1.22 bits per heavy atom. The standard InChI is InChI=1S/C15H20O3/c16-15-5-1-3-11-6-7-12(9-14(11)15)18-13-4-2-8-17-10-13/h6-7,9,13,15-16H,1-5,8,10H2/t13?,15-/m1/s1. The van der Waals surface area contributed by atoms with Crippen LogP contribution in [-0.4, -0.2) is 24.4 Å². The van der Waals surface area contributed by atoms with Crippen molar-refractivity contribution in [3.63, 3.8) is 0 Å². The Kier molecular flexibility index (Phi) is 3.52. The van der Waals surface area contributed by atoms with Crippen molar-refractivity contribution in [1.82, 2.24) is 0 Å². The summed E-state index contributed by atoms with van der Waals surface area (Å²) in [5.74, 6) is 0.866. The molecule has 98 valence electrons. The summed E-state index contributed by atoms with van der Waals surface area (Å²) in [5.41, 5.74) is 2.32. The maximum atomic E-state index is 10.0. The first-order valence-corrected chi connectivity index (χ1v) is 6.88. The van der Waals surface area contributed by atoms with Gasteiger partial charge in [-0.05, 0) is 55.4 Å². The molecule has 0 amide bonds. The first kappa shape index (κ1) is 12.0. The molecule has 1 aliphatic heterocycles. The minimum absolute atomic E-state index is 0.164. The third kappa shape index (κ3) is 2.52. The van der Waals surface area contributed by atoms with Crippen LogP contribution in [0, 0.1) is 0 Å². The van der Waals surface area contributed by atoms with Crippen LogP contribution < -0.4 is 4.74 Å². The van der Waals surface area contributed by atoms with Crippen molar-refractivity contribution in [2.75, 3.05) is 13.2 Å². The van der Waals surface area contributed by atoms with Gasteiger partial charge in [-0.3, -0.25) is 0 Å². The van der Waals surface area contributed by atoms with E-state index in [0.29, 0.717) is 6.61 Å². The highest BCUT2D eigenvalue weighted by molar-refractivity contribution is 5.38. The SMILES string of the molecule is O[C@@H]1CCCc2ccc(OC3CCCOC3)cc21. The molecule has 1 aromatic carbocycles. The molecule has 3 rings (SSSR count). The highest BCUT2D eigenvalue weighted by atomic mass is 16.5. The zero-order valence-electron chi connectivity index (χ0n) is 10.6. The van der Waals surface area contributed by atoms with E-state index in [2.05, 4.69) is 6.07 Å². The largest absolute Gasteiger partial charge is 0.488 e. The summed E-state index contributed by atoms with van der Waals surface area (Å²) in [6.07, 6.45) is 4.97. The Morgan fingerprint density at radius 2 is 2.17 bits per heavy atom. The molecule has 0 saturated carbocycles. The van der Waals surface area contributed by atoms with Crippen LogP contribution in [0.3, 0.4) is 0 Å². The van der Waals surface area contributed by atoms with Gasteiger partial charge >= 0.3 is 0 Å². The lowest BCUT2D eigenvalue weighted by molar-refractivity contribution is 0.00728. The van der Waals surface area contributed by atoms with E-state index in [1.807, 2.05) is 12.1 Å². The van der Waals surface area contributed by atoms with Gasteiger partial charge in [-0.2, -0.15) is 0 Å². The molecule has 1 fully saturated rings. The van der Waals surface area contributed by atoms with Gasteiger partial charge in [0, 0.05) is 6.61 Å². The van der Waals surface area contributed by atoms with Crippen LogP contribution in [0.5, 0.6) is 5.75 Å². The summed E-state index contributed by atoms with van der Waals surface area (Å²) >= 11 is 0. The van der Waals surface area contributed by atoms with E-state index in [4.69, 9.17) is 9.47 Å². The van der Waals surface area contributed by atoms with Gasteiger partial charge in [-0.15, -0.1) is 0 Å². The maximum absolute atomic E-state index is 10.0. The van der Waals surface area contributed by atoms with Crippen molar-refractivity contribution in [1.29, 1.82) is 0 Å². The summed E-state index contributed by atoms with van der Waals surface area (Å²) < 4.78 is 11.3. The minimum atomic E-state index is -0.320. The predicted octanol–water partition coefficient (Wildman–Crippen LogP) is 2.61. The second-order valence-corrected chi connectivity index (χ2v) is 5.23. The van der Waals surface area contributed by atoms with Crippen molar-refractivity contribution in [2.24, 2.45) is 0 Å². The number of aryl methyl sites for hydroxylation is 1. The molecule has 1 saturated heterocycles. The molecule has 1 heterocycles. The van der Waals surface area contributed by atoms with Gasteiger partial charge in [0.15, 0.2) is 0 Å². The summed E-state index contributed by atoms with van der Waals surface area (Å²) in [6, 6.07) is 6.12. The van der Waals surface area contributed by atoms with Gasteiger partial charge in [-0.1, -0.05) is 6.07 Å². The first-order chi connectivity index (χ1) is 8.83. The lowest BCUT2D eigenvalue weighted by atomic mass is 9.89. The quantitative estimate of drug-likeness (QED) is 0.874. The van der Waals surface area contributed by atoms with Crippen LogP contribution in [0.1, 0.15) is 42.9 Å². The van der Waals surface area contributed by atoms with Crippen LogP contribution in [0.25, 0.3) is 0 Å². The highest BCUT2D eigenvalue weighted by Gasteiger charge is 2.20. The zero-order chi connectivity index (χ0) is 12.4. The average Bonchev–Trinajstić information content (AvgIpc) is 2.41. The fourth-order valence-corrected chi connectivity index (χ4v) is 2.82. The lowest BCUT2D eigenvalue weighted by Gasteiger charge is -2.25. The number of ether oxygens (including phenoxy) is 2. The Balaban J connectivity index is 1.74. The van der Waals surface area contributed by atoms with Gasteiger partial charge in [-0.25, -0.2) is 0 Å². The van der Waals surface area contributed by atoms with Gasteiger partial charge in [0.2, 0.25) is 0 Å². The fraction of sp³-hybridized carbons (Fsp3) is 0.600. The Morgan fingerprint density at radius 3 is 3.00 bits per heavy atom. The normalized spacial score (nSPS) is 27.6. The second kappa shape index (κ2) is 5.29. The third-order valence-corrected chi connectivity index (χ3v) is 3.82. The molecule has 1 aliphatic carbocycles. The Bertz CT molecular complexity index is 410. The molecule has 0 aromatic heterocycles. The van der Waals surface area contributed by atoms with Gasteiger partial charge in [0.25, 0.3) is 0 Å². The smallest absolute Gasteiger partial charge is 0.122 e. The molecular formula is C15H20O3. The molecule has 18 heavy (non-hydrogen) atoms. The van der Waals surface area contributed by atoms with Gasteiger partial charge in [0.05, 0.1) is 12.7 Å². The lowest BCUT2D eigenvalue weighted by Crippen LogP contribution is -2.28. The molecule has 0 radical (unpaired) electrons. The number of hydrogen-bond acceptors (Lipinski definition) is 3. The number of aliphatic hydroxyl groups is 1. The van der Waals surface area contributed by atoms with E-state index in [1.165, 1.54) is 5.56 Å². The summed E-state index contributed by atoms with van der Waals surface area (Å²) in [6.45, 7) is 1.53. The first-order valence-electron chi connectivity index (χ1n) is 6.88. The van der Waals surface area contributed by atoms with E-state index < -0.39 is 0 Å². The summed E-state index contributed by atoms with van der Waals surface area (Å²) in [4.78, 5) is 0. The molecular weight excluding hydrogens is 228 g/mol. The van der Waals surface area contributed by atoms with Gasteiger partial charge < -0.3 is 14.6 Å². The van der Waals surface area contributed by atoms with Crippen molar-refractivity contribution in [2.45, 2.75) is 44.3 Å². The number of fused-ring (bicyclic) bond motifs is 1.